The van der Waals surface area contributed by atoms with E-state index in [1.54, 1.807) is 0 Å². The molecule has 1 saturated carbocycles. The minimum atomic E-state index is -0.669. The zero-order chi connectivity index (χ0) is 15.3. The molecule has 0 aliphatic heterocycles. The van der Waals surface area contributed by atoms with Crippen molar-refractivity contribution >= 4 is 11.6 Å². The molecule has 1 fully saturated rings. The second-order valence-electron chi connectivity index (χ2n) is 6.09. The van der Waals surface area contributed by atoms with Gasteiger partial charge in [-0.1, -0.05) is 37.4 Å². The van der Waals surface area contributed by atoms with Gasteiger partial charge in [-0.25, -0.2) is 0 Å². The summed E-state index contributed by atoms with van der Waals surface area (Å²) in [6.45, 7) is 5.60. The quantitative estimate of drug-likeness (QED) is 0.797. The molecule has 1 aromatic carbocycles. The standard InChI is InChI=1S/C17H26ClNO2/c1-3-10-19-13(2)14-6-7-16(15(18)11-14)21-12-17(20)8-4-5-9-17/h6-7,11,13,19-20H,3-5,8-10,12H2,1-2H3. The largest absolute Gasteiger partial charge is 0.489 e. The lowest BCUT2D eigenvalue weighted by Gasteiger charge is -2.23. The molecule has 0 spiro atoms. The molecule has 1 unspecified atom stereocenters. The van der Waals surface area contributed by atoms with Crippen LogP contribution in [0.2, 0.25) is 5.02 Å². The Labute approximate surface area is 132 Å². The SMILES string of the molecule is CCCNC(C)c1ccc(OCC2(O)CCCC2)c(Cl)c1. The highest BCUT2D eigenvalue weighted by atomic mass is 35.5. The molecular formula is C17H26ClNO2. The van der Waals surface area contributed by atoms with Crippen molar-refractivity contribution in [1.29, 1.82) is 0 Å². The highest BCUT2D eigenvalue weighted by molar-refractivity contribution is 6.32. The van der Waals surface area contributed by atoms with Crippen LogP contribution in [0.5, 0.6) is 5.75 Å². The number of halogens is 1. The zero-order valence-electron chi connectivity index (χ0n) is 13.0. The first-order chi connectivity index (χ1) is 10.0. The number of hydrogen-bond donors (Lipinski definition) is 2. The Bertz CT molecular complexity index is 458. The van der Waals surface area contributed by atoms with Crippen LogP contribution in [-0.4, -0.2) is 23.9 Å². The van der Waals surface area contributed by atoms with Crippen LogP contribution in [0.4, 0.5) is 0 Å². The van der Waals surface area contributed by atoms with Crippen LogP contribution in [-0.2, 0) is 0 Å². The molecule has 3 nitrogen and oxygen atoms in total. The van der Waals surface area contributed by atoms with Crippen LogP contribution in [0.3, 0.4) is 0 Å². The first kappa shape index (κ1) is 16.6. The molecule has 1 aromatic rings. The van der Waals surface area contributed by atoms with Gasteiger partial charge in [-0.15, -0.1) is 0 Å². The Morgan fingerprint density at radius 2 is 2.10 bits per heavy atom. The molecule has 21 heavy (non-hydrogen) atoms. The normalized spacial score (nSPS) is 18.7. The third kappa shape index (κ3) is 4.60. The van der Waals surface area contributed by atoms with E-state index >= 15 is 0 Å². The fourth-order valence-corrected chi connectivity index (χ4v) is 3.02. The number of hydrogen-bond acceptors (Lipinski definition) is 3. The third-order valence-corrected chi connectivity index (χ3v) is 4.48. The van der Waals surface area contributed by atoms with Gasteiger partial charge in [-0.3, -0.25) is 0 Å². The van der Waals surface area contributed by atoms with E-state index in [0.717, 1.165) is 44.2 Å². The Morgan fingerprint density at radius 1 is 1.38 bits per heavy atom. The van der Waals surface area contributed by atoms with E-state index in [1.165, 1.54) is 0 Å². The summed E-state index contributed by atoms with van der Waals surface area (Å²) in [4.78, 5) is 0. The van der Waals surface area contributed by atoms with Crippen LogP contribution in [0.1, 0.15) is 57.6 Å². The van der Waals surface area contributed by atoms with E-state index in [9.17, 15) is 5.11 Å². The second-order valence-corrected chi connectivity index (χ2v) is 6.49. The predicted molar refractivity (Wildman–Crippen MR) is 87.1 cm³/mol. The van der Waals surface area contributed by atoms with E-state index in [2.05, 4.69) is 19.2 Å². The summed E-state index contributed by atoms with van der Waals surface area (Å²) in [5.74, 6) is 0.656. The van der Waals surface area contributed by atoms with Gasteiger partial charge in [-0.05, 0) is 50.4 Å². The molecule has 0 radical (unpaired) electrons. The molecule has 2 rings (SSSR count). The average Bonchev–Trinajstić information content (AvgIpc) is 2.90. The van der Waals surface area contributed by atoms with Crippen LogP contribution in [0, 0.1) is 0 Å². The number of ether oxygens (including phenoxy) is 1. The topological polar surface area (TPSA) is 41.5 Å². The number of aliphatic hydroxyl groups is 1. The summed E-state index contributed by atoms with van der Waals surface area (Å²) in [5, 5.41) is 14.4. The van der Waals surface area contributed by atoms with Gasteiger partial charge in [0.15, 0.2) is 0 Å². The highest BCUT2D eigenvalue weighted by Gasteiger charge is 2.32. The predicted octanol–water partition coefficient (Wildman–Crippen LogP) is 4.08. The molecule has 1 atom stereocenters. The van der Waals surface area contributed by atoms with Crippen molar-refractivity contribution in [2.24, 2.45) is 0 Å². The minimum absolute atomic E-state index is 0.274. The smallest absolute Gasteiger partial charge is 0.138 e. The van der Waals surface area contributed by atoms with Crippen LogP contribution in [0.25, 0.3) is 0 Å². The monoisotopic (exact) mass is 311 g/mol. The summed E-state index contributed by atoms with van der Waals surface area (Å²) < 4.78 is 5.74. The Balaban J connectivity index is 1.95. The van der Waals surface area contributed by atoms with Crippen molar-refractivity contribution in [2.45, 2.75) is 57.6 Å². The summed E-state index contributed by atoms with van der Waals surface area (Å²) >= 11 is 6.30. The summed E-state index contributed by atoms with van der Waals surface area (Å²) in [7, 11) is 0. The van der Waals surface area contributed by atoms with Crippen molar-refractivity contribution in [1.82, 2.24) is 5.32 Å². The van der Waals surface area contributed by atoms with Crippen molar-refractivity contribution in [3.05, 3.63) is 28.8 Å². The van der Waals surface area contributed by atoms with Gasteiger partial charge in [0.1, 0.15) is 12.4 Å². The second kappa shape index (κ2) is 7.48. The Morgan fingerprint density at radius 3 is 2.71 bits per heavy atom. The molecule has 0 saturated heterocycles. The maximum Gasteiger partial charge on any atom is 0.138 e. The maximum atomic E-state index is 10.3. The zero-order valence-corrected chi connectivity index (χ0v) is 13.7. The van der Waals surface area contributed by atoms with Gasteiger partial charge in [0.25, 0.3) is 0 Å². The Hall–Kier alpha value is -0.770. The van der Waals surface area contributed by atoms with Gasteiger partial charge in [0, 0.05) is 6.04 Å². The van der Waals surface area contributed by atoms with Crippen LogP contribution in [0.15, 0.2) is 18.2 Å². The number of nitrogens with one attached hydrogen (secondary N) is 1. The first-order valence-electron chi connectivity index (χ1n) is 7.92. The van der Waals surface area contributed by atoms with E-state index in [0.29, 0.717) is 17.4 Å². The molecular weight excluding hydrogens is 286 g/mol. The van der Waals surface area contributed by atoms with Gasteiger partial charge >= 0.3 is 0 Å². The fourth-order valence-electron chi connectivity index (χ4n) is 2.77. The molecule has 4 heteroatoms. The third-order valence-electron chi connectivity index (χ3n) is 4.19. The molecule has 1 aliphatic carbocycles. The van der Waals surface area contributed by atoms with Crippen molar-refractivity contribution in [2.75, 3.05) is 13.2 Å². The number of benzene rings is 1. The van der Waals surface area contributed by atoms with E-state index in [-0.39, 0.29) is 6.04 Å². The lowest BCUT2D eigenvalue weighted by atomic mass is 10.0. The van der Waals surface area contributed by atoms with Gasteiger partial charge in [0.05, 0.1) is 10.6 Å². The minimum Gasteiger partial charge on any atom is -0.489 e. The Kier molecular flexibility index (Phi) is 5.91. The van der Waals surface area contributed by atoms with Gasteiger partial charge in [-0.2, -0.15) is 0 Å². The van der Waals surface area contributed by atoms with Crippen LogP contribution < -0.4 is 10.1 Å². The van der Waals surface area contributed by atoms with E-state index in [1.807, 2.05) is 18.2 Å². The molecule has 1 aliphatic rings. The van der Waals surface area contributed by atoms with Crippen LogP contribution >= 0.6 is 11.6 Å². The maximum absolute atomic E-state index is 10.3. The molecule has 118 valence electrons. The van der Waals surface area contributed by atoms with Crippen molar-refractivity contribution in [3.63, 3.8) is 0 Å². The summed E-state index contributed by atoms with van der Waals surface area (Å²) in [5.41, 5.74) is 0.484. The molecule has 0 aromatic heterocycles. The van der Waals surface area contributed by atoms with Crippen molar-refractivity contribution in [3.8, 4) is 5.75 Å². The van der Waals surface area contributed by atoms with Gasteiger partial charge in [0.2, 0.25) is 0 Å². The lowest BCUT2D eigenvalue weighted by molar-refractivity contribution is 0.00144. The fraction of sp³-hybridized carbons (Fsp3) is 0.647. The van der Waals surface area contributed by atoms with Gasteiger partial charge < -0.3 is 15.2 Å². The molecule has 2 N–H and O–H groups in total. The molecule has 0 amide bonds. The molecule has 0 heterocycles. The van der Waals surface area contributed by atoms with E-state index < -0.39 is 5.60 Å². The van der Waals surface area contributed by atoms with E-state index in [4.69, 9.17) is 16.3 Å². The summed E-state index contributed by atoms with van der Waals surface area (Å²) in [6.07, 6.45) is 4.90. The average molecular weight is 312 g/mol. The highest BCUT2D eigenvalue weighted by Crippen LogP contribution is 2.32. The molecule has 0 bridgehead atoms. The lowest BCUT2D eigenvalue weighted by Crippen LogP contribution is -2.32. The summed E-state index contributed by atoms with van der Waals surface area (Å²) in [6, 6.07) is 6.16. The van der Waals surface area contributed by atoms with Crippen molar-refractivity contribution < 1.29 is 9.84 Å². The first-order valence-corrected chi connectivity index (χ1v) is 8.30. The number of rotatable bonds is 7.